The van der Waals surface area contributed by atoms with Gasteiger partial charge in [0.25, 0.3) is 0 Å². The van der Waals surface area contributed by atoms with Gasteiger partial charge >= 0.3 is 0 Å². The van der Waals surface area contributed by atoms with Crippen LogP contribution in [0.4, 0.5) is 5.82 Å². The fourth-order valence-corrected chi connectivity index (χ4v) is 2.37. The van der Waals surface area contributed by atoms with Crippen molar-refractivity contribution >= 4 is 40.6 Å². The molecule has 0 saturated heterocycles. The largest absolute Gasteiger partial charge is 0.480 e. The van der Waals surface area contributed by atoms with Gasteiger partial charge < -0.3 is 10.5 Å². The van der Waals surface area contributed by atoms with Crippen molar-refractivity contribution < 1.29 is 4.74 Å². The van der Waals surface area contributed by atoms with Crippen LogP contribution < -0.4 is 10.5 Å². The molecule has 0 fully saturated rings. The van der Waals surface area contributed by atoms with Crippen LogP contribution in [0.2, 0.25) is 15.1 Å². The smallest absolute Gasteiger partial charge is 0.235 e. The minimum atomic E-state index is 0.361. The van der Waals surface area contributed by atoms with E-state index in [4.69, 9.17) is 45.3 Å². The van der Waals surface area contributed by atoms with Crippen LogP contribution in [-0.4, -0.2) is 16.9 Å². The van der Waals surface area contributed by atoms with Gasteiger partial charge in [-0.05, 0) is 12.1 Å². The van der Waals surface area contributed by atoms with E-state index in [1.165, 1.54) is 11.8 Å². The first kappa shape index (κ1) is 12.4. The molecule has 1 aromatic heterocycles. The number of anilines is 1. The lowest BCUT2D eigenvalue weighted by atomic mass is 10.3. The molecular weight excluding hydrogens is 284 g/mol. The molecular formula is C10H8Cl3N3O. The van der Waals surface area contributed by atoms with E-state index in [2.05, 4.69) is 5.10 Å². The van der Waals surface area contributed by atoms with E-state index in [1.54, 1.807) is 18.2 Å². The third-order valence-corrected chi connectivity index (χ3v) is 2.91. The van der Waals surface area contributed by atoms with E-state index in [9.17, 15) is 0 Å². The van der Waals surface area contributed by atoms with E-state index < -0.39 is 0 Å². The van der Waals surface area contributed by atoms with Gasteiger partial charge in [0.1, 0.15) is 11.5 Å². The van der Waals surface area contributed by atoms with Crippen LogP contribution in [0.3, 0.4) is 0 Å². The van der Waals surface area contributed by atoms with Crippen LogP contribution in [0.5, 0.6) is 5.88 Å². The zero-order chi connectivity index (χ0) is 12.6. The number of aromatic nitrogens is 2. The van der Waals surface area contributed by atoms with Crippen molar-refractivity contribution in [1.82, 2.24) is 9.78 Å². The van der Waals surface area contributed by atoms with Crippen LogP contribution in [0.25, 0.3) is 5.69 Å². The van der Waals surface area contributed by atoms with E-state index >= 15 is 0 Å². The van der Waals surface area contributed by atoms with Crippen LogP contribution in [0.1, 0.15) is 0 Å². The number of nitrogen functional groups attached to an aromatic ring is 1. The molecule has 17 heavy (non-hydrogen) atoms. The molecule has 0 aliphatic rings. The van der Waals surface area contributed by atoms with Crippen LogP contribution >= 0.6 is 34.8 Å². The Bertz CT molecular complexity index is 545. The molecule has 7 heteroatoms. The zero-order valence-corrected chi connectivity index (χ0v) is 11.0. The molecule has 90 valence electrons. The Kier molecular flexibility index (Phi) is 3.38. The van der Waals surface area contributed by atoms with Gasteiger partial charge in [-0.25, -0.2) is 4.68 Å². The summed E-state index contributed by atoms with van der Waals surface area (Å²) in [6.07, 6.45) is 0. The summed E-state index contributed by atoms with van der Waals surface area (Å²) in [5, 5.41) is 5.28. The van der Waals surface area contributed by atoms with E-state index in [0.717, 1.165) is 0 Å². The number of hydrogen-bond acceptors (Lipinski definition) is 3. The van der Waals surface area contributed by atoms with E-state index in [1.807, 2.05) is 0 Å². The molecule has 2 aromatic rings. The number of rotatable bonds is 2. The molecule has 0 radical (unpaired) electrons. The molecule has 0 bridgehead atoms. The molecule has 0 unspecified atom stereocenters. The predicted octanol–water partition coefficient (Wildman–Crippen LogP) is 3.42. The Balaban J connectivity index is 2.63. The number of nitrogens with zero attached hydrogens (tertiary/aromatic N) is 2. The van der Waals surface area contributed by atoms with Gasteiger partial charge in [0, 0.05) is 11.1 Å². The number of hydrogen-bond donors (Lipinski definition) is 1. The van der Waals surface area contributed by atoms with Gasteiger partial charge in [0.15, 0.2) is 0 Å². The van der Waals surface area contributed by atoms with Gasteiger partial charge in [-0.3, -0.25) is 0 Å². The van der Waals surface area contributed by atoms with E-state index in [-0.39, 0.29) is 0 Å². The third kappa shape index (κ3) is 2.29. The number of nitrogens with two attached hydrogens (primary N) is 1. The van der Waals surface area contributed by atoms with Gasteiger partial charge in [0.2, 0.25) is 5.88 Å². The maximum atomic E-state index is 6.07. The molecule has 0 atom stereocenters. The minimum Gasteiger partial charge on any atom is -0.480 e. The first-order valence-electron chi connectivity index (χ1n) is 4.57. The second-order valence-corrected chi connectivity index (χ2v) is 4.49. The van der Waals surface area contributed by atoms with Gasteiger partial charge in [-0.1, -0.05) is 34.8 Å². The summed E-state index contributed by atoms with van der Waals surface area (Å²) in [4.78, 5) is 0. The first-order valence-corrected chi connectivity index (χ1v) is 5.70. The normalized spacial score (nSPS) is 10.6. The maximum absolute atomic E-state index is 6.07. The Morgan fingerprint density at radius 2 is 1.76 bits per heavy atom. The summed E-state index contributed by atoms with van der Waals surface area (Å²) in [5.74, 6) is 0.748. The highest BCUT2D eigenvalue weighted by atomic mass is 35.5. The quantitative estimate of drug-likeness (QED) is 0.922. The molecule has 0 saturated carbocycles. The Morgan fingerprint density at radius 3 is 2.24 bits per heavy atom. The molecule has 0 aliphatic heterocycles. The summed E-state index contributed by atoms with van der Waals surface area (Å²) in [7, 11) is 1.50. The maximum Gasteiger partial charge on any atom is 0.235 e. The van der Waals surface area contributed by atoms with Crippen molar-refractivity contribution in [3.8, 4) is 11.6 Å². The number of benzene rings is 1. The lowest BCUT2D eigenvalue weighted by Crippen LogP contribution is -2.03. The number of methoxy groups -OCH3 is 1. The summed E-state index contributed by atoms with van der Waals surface area (Å²) in [6.45, 7) is 0. The average Bonchev–Trinajstić information content (AvgIpc) is 2.59. The summed E-state index contributed by atoms with van der Waals surface area (Å²) >= 11 is 18.0. The number of ether oxygens (including phenoxy) is 1. The fourth-order valence-electron chi connectivity index (χ4n) is 1.39. The lowest BCUT2D eigenvalue weighted by Gasteiger charge is -2.08. The molecule has 2 N–H and O–H groups in total. The highest BCUT2D eigenvalue weighted by Gasteiger charge is 2.14. The van der Waals surface area contributed by atoms with Gasteiger partial charge in [-0.15, -0.1) is 5.10 Å². The molecule has 0 spiro atoms. The van der Waals surface area contributed by atoms with Crippen molar-refractivity contribution in [3.63, 3.8) is 0 Å². The fraction of sp³-hybridized carbons (Fsp3) is 0.100. The molecule has 4 nitrogen and oxygen atoms in total. The number of halogens is 3. The van der Waals surface area contributed by atoms with Crippen molar-refractivity contribution in [3.05, 3.63) is 33.3 Å². The van der Waals surface area contributed by atoms with Crippen LogP contribution in [-0.2, 0) is 0 Å². The standard InChI is InChI=1S/C10H8Cl3N3O/c1-17-9-4-8(14)16(15-9)10-6(12)2-5(11)3-7(10)13/h2-4H,14H2,1H3. The first-order chi connectivity index (χ1) is 8.02. The monoisotopic (exact) mass is 291 g/mol. The highest BCUT2D eigenvalue weighted by Crippen LogP contribution is 2.33. The van der Waals surface area contributed by atoms with E-state index in [0.29, 0.717) is 32.5 Å². The Hall–Kier alpha value is -1.10. The SMILES string of the molecule is COc1cc(N)n(-c2c(Cl)cc(Cl)cc2Cl)n1. The van der Waals surface area contributed by atoms with Gasteiger partial charge in [0.05, 0.1) is 17.2 Å². The molecule has 1 aromatic carbocycles. The Labute approximate surface area is 113 Å². The topological polar surface area (TPSA) is 53.1 Å². The molecule has 2 rings (SSSR count). The summed E-state index contributed by atoms with van der Waals surface area (Å²) in [6, 6.07) is 4.71. The molecule has 1 heterocycles. The average molecular weight is 293 g/mol. The zero-order valence-electron chi connectivity index (χ0n) is 8.75. The van der Waals surface area contributed by atoms with Gasteiger partial charge in [-0.2, -0.15) is 0 Å². The summed E-state index contributed by atoms with van der Waals surface area (Å²) in [5.41, 5.74) is 6.27. The highest BCUT2D eigenvalue weighted by molar-refractivity contribution is 6.40. The minimum absolute atomic E-state index is 0.361. The summed E-state index contributed by atoms with van der Waals surface area (Å²) < 4.78 is 6.38. The molecule has 0 aliphatic carbocycles. The van der Waals surface area contributed by atoms with Crippen LogP contribution in [0, 0.1) is 0 Å². The van der Waals surface area contributed by atoms with Crippen molar-refractivity contribution in [2.75, 3.05) is 12.8 Å². The van der Waals surface area contributed by atoms with Crippen LogP contribution in [0.15, 0.2) is 18.2 Å². The predicted molar refractivity (Wildman–Crippen MR) is 69.6 cm³/mol. The molecule has 0 amide bonds. The second-order valence-electron chi connectivity index (χ2n) is 3.24. The second kappa shape index (κ2) is 4.64. The van der Waals surface area contributed by atoms with Crippen molar-refractivity contribution in [1.29, 1.82) is 0 Å². The lowest BCUT2D eigenvalue weighted by molar-refractivity contribution is 0.394. The van der Waals surface area contributed by atoms with Crippen molar-refractivity contribution in [2.45, 2.75) is 0 Å². The third-order valence-electron chi connectivity index (χ3n) is 2.12. The van der Waals surface area contributed by atoms with Crippen molar-refractivity contribution in [2.24, 2.45) is 0 Å². The Morgan fingerprint density at radius 1 is 1.18 bits per heavy atom.